The summed E-state index contributed by atoms with van der Waals surface area (Å²) in [5.74, 6) is 0.972. The van der Waals surface area contributed by atoms with Gasteiger partial charge in [-0.3, -0.25) is 10.4 Å². The molecule has 0 aromatic heterocycles. The van der Waals surface area contributed by atoms with Crippen LogP contribution in [0.4, 0.5) is 0 Å². The van der Waals surface area contributed by atoms with Crippen molar-refractivity contribution in [3.63, 3.8) is 0 Å². The first-order valence-corrected chi connectivity index (χ1v) is 9.50. The highest BCUT2D eigenvalue weighted by molar-refractivity contribution is 7.80. The highest BCUT2D eigenvalue weighted by Gasteiger charge is 2.27. The number of aromatic hydroxyl groups is 1. The van der Waals surface area contributed by atoms with E-state index in [0.717, 1.165) is 22.6 Å². The van der Waals surface area contributed by atoms with Crippen molar-refractivity contribution < 1.29 is 9.84 Å². The van der Waals surface area contributed by atoms with E-state index in [9.17, 15) is 5.11 Å². The number of phenolic OH excluding ortho intramolecular Hbond substituents is 1. The Morgan fingerprint density at radius 3 is 2.86 bits per heavy atom. The highest BCUT2D eigenvalue weighted by atomic mass is 32.1. The number of rotatable bonds is 7. The first-order valence-electron chi connectivity index (χ1n) is 9.09. The predicted molar refractivity (Wildman–Crippen MR) is 118 cm³/mol. The number of nitrogens with zero attached hydrogens (tertiary/aromatic N) is 2. The molecule has 0 fully saturated rings. The third-order valence-electron chi connectivity index (χ3n) is 4.17. The van der Waals surface area contributed by atoms with Crippen LogP contribution in [0.1, 0.15) is 30.5 Å². The second kappa shape index (κ2) is 8.80. The van der Waals surface area contributed by atoms with E-state index in [2.05, 4.69) is 22.1 Å². The summed E-state index contributed by atoms with van der Waals surface area (Å²) in [5.41, 5.74) is 5.89. The van der Waals surface area contributed by atoms with Crippen molar-refractivity contribution >= 4 is 29.1 Å². The summed E-state index contributed by atoms with van der Waals surface area (Å²) in [6.45, 7) is 7.68. The molecule has 144 valence electrons. The van der Waals surface area contributed by atoms with Crippen molar-refractivity contribution in [3.05, 3.63) is 71.8 Å². The summed E-state index contributed by atoms with van der Waals surface area (Å²) < 4.78 is 5.77. The number of hydrogen-bond donors (Lipinski definition) is 2. The molecule has 2 N–H and O–H groups in total. The number of para-hydroxylation sites is 1. The molecule has 1 atom stereocenters. The molecule has 2 aromatic rings. The minimum atomic E-state index is -0.424. The van der Waals surface area contributed by atoms with Crippen LogP contribution in [-0.2, 0) is 6.42 Å². The van der Waals surface area contributed by atoms with Gasteiger partial charge in [0.2, 0.25) is 0 Å². The topological polar surface area (TPSA) is 66.2 Å². The van der Waals surface area contributed by atoms with Crippen molar-refractivity contribution in [2.45, 2.75) is 32.4 Å². The van der Waals surface area contributed by atoms with E-state index in [4.69, 9.17) is 17.0 Å². The molecule has 0 amide bonds. The summed E-state index contributed by atoms with van der Waals surface area (Å²) >= 11 is 5.39. The fraction of sp³-hybridized carbons (Fsp3) is 0.227. The van der Waals surface area contributed by atoms with Crippen molar-refractivity contribution in [1.82, 2.24) is 5.43 Å². The molecule has 2 aromatic carbocycles. The van der Waals surface area contributed by atoms with Gasteiger partial charge in [0.15, 0.2) is 0 Å². The Bertz CT molecular complexity index is 951. The largest absolute Gasteiger partial charge is 0.507 e. The third-order valence-corrected chi connectivity index (χ3v) is 4.49. The number of hydrogen-bond acceptors (Lipinski definition) is 5. The smallest absolute Gasteiger partial charge is 0.146 e. The van der Waals surface area contributed by atoms with Gasteiger partial charge in [0, 0.05) is 17.3 Å². The molecule has 0 bridgehead atoms. The molecule has 0 aliphatic carbocycles. The lowest BCUT2D eigenvalue weighted by Gasteiger charge is -2.12. The minimum Gasteiger partial charge on any atom is -0.507 e. The molecule has 1 heterocycles. The number of nitrogens with one attached hydrogen (secondary N) is 1. The van der Waals surface area contributed by atoms with Gasteiger partial charge in [-0.1, -0.05) is 42.6 Å². The molecule has 5 nitrogen and oxygen atoms in total. The number of aliphatic imine (C=N–C) groups is 1. The maximum atomic E-state index is 10.4. The van der Waals surface area contributed by atoms with E-state index in [-0.39, 0.29) is 11.9 Å². The van der Waals surface area contributed by atoms with Crippen LogP contribution >= 0.6 is 12.2 Å². The minimum absolute atomic E-state index is 0.0830. The molecule has 0 spiro atoms. The monoisotopic (exact) mass is 393 g/mol. The first-order chi connectivity index (χ1) is 13.5. The van der Waals surface area contributed by atoms with Gasteiger partial charge in [-0.15, -0.1) is 6.58 Å². The van der Waals surface area contributed by atoms with Gasteiger partial charge in [-0.2, -0.15) is 5.10 Å². The molecule has 1 aliphatic heterocycles. The Kier molecular flexibility index (Phi) is 6.21. The van der Waals surface area contributed by atoms with Crippen LogP contribution in [-0.4, -0.2) is 34.2 Å². The predicted octanol–water partition coefficient (Wildman–Crippen LogP) is 4.03. The number of thiocarbonyl (C=S) groups is 1. The Balaban J connectivity index is 1.87. The Morgan fingerprint density at radius 2 is 2.11 bits per heavy atom. The number of phenols is 1. The van der Waals surface area contributed by atoms with E-state index < -0.39 is 6.04 Å². The average molecular weight is 394 g/mol. The number of benzene rings is 2. The number of allylic oxidation sites excluding steroid dienone is 1. The molecular weight excluding hydrogens is 370 g/mol. The van der Waals surface area contributed by atoms with Crippen LogP contribution in [0.5, 0.6) is 11.5 Å². The van der Waals surface area contributed by atoms with Crippen LogP contribution in [0.25, 0.3) is 0 Å². The van der Waals surface area contributed by atoms with Crippen LogP contribution in [0.3, 0.4) is 0 Å². The standard InChI is InChI=1S/C22H23N3O2S/c1-4-7-15-8-5-10-17(21(15)26)13-23-20-19(24-25-22(20)28)16-9-6-11-18(12-16)27-14(2)3/h4-6,8-14,20,26H,1,7H2,2-3H3,(H,25,28)/t20-/m1/s1. The Labute approximate surface area is 170 Å². The Morgan fingerprint density at radius 1 is 1.32 bits per heavy atom. The lowest BCUT2D eigenvalue weighted by atomic mass is 10.0. The van der Waals surface area contributed by atoms with Gasteiger partial charge in [-0.25, -0.2) is 0 Å². The van der Waals surface area contributed by atoms with Gasteiger partial charge >= 0.3 is 0 Å². The highest BCUT2D eigenvalue weighted by Crippen LogP contribution is 2.23. The zero-order valence-corrected chi connectivity index (χ0v) is 16.7. The van der Waals surface area contributed by atoms with E-state index in [1.807, 2.05) is 56.3 Å². The molecule has 0 saturated carbocycles. The molecule has 28 heavy (non-hydrogen) atoms. The quantitative estimate of drug-likeness (QED) is 0.423. The van der Waals surface area contributed by atoms with Gasteiger partial charge < -0.3 is 9.84 Å². The second-order valence-corrected chi connectivity index (χ2v) is 7.14. The summed E-state index contributed by atoms with van der Waals surface area (Å²) in [6.07, 6.45) is 4.06. The third kappa shape index (κ3) is 4.46. The normalized spacial score (nSPS) is 16.3. The Hall–Kier alpha value is -2.99. The molecule has 1 aliphatic rings. The zero-order chi connectivity index (χ0) is 20.1. The van der Waals surface area contributed by atoms with Crippen molar-refractivity contribution in [1.29, 1.82) is 0 Å². The summed E-state index contributed by atoms with van der Waals surface area (Å²) in [4.78, 5) is 5.12. The van der Waals surface area contributed by atoms with Crippen LogP contribution in [0, 0.1) is 0 Å². The van der Waals surface area contributed by atoms with Gasteiger partial charge in [0.05, 0.1) is 11.8 Å². The fourth-order valence-electron chi connectivity index (χ4n) is 2.91. The van der Waals surface area contributed by atoms with Crippen molar-refractivity contribution in [2.24, 2.45) is 10.1 Å². The van der Waals surface area contributed by atoms with E-state index in [1.54, 1.807) is 12.3 Å². The summed E-state index contributed by atoms with van der Waals surface area (Å²) in [7, 11) is 0. The molecule has 6 heteroatoms. The molecular formula is C22H23N3O2S. The van der Waals surface area contributed by atoms with E-state index in [0.29, 0.717) is 17.0 Å². The van der Waals surface area contributed by atoms with Crippen LogP contribution in [0.15, 0.2) is 65.2 Å². The summed E-state index contributed by atoms with van der Waals surface area (Å²) in [5, 5.41) is 14.8. The lowest BCUT2D eigenvalue weighted by Crippen LogP contribution is -2.26. The number of hydrazone groups is 1. The zero-order valence-electron chi connectivity index (χ0n) is 15.9. The van der Waals surface area contributed by atoms with E-state index in [1.165, 1.54) is 0 Å². The molecule has 0 unspecified atom stereocenters. The average Bonchev–Trinajstić information content (AvgIpc) is 3.03. The maximum absolute atomic E-state index is 10.4. The first kappa shape index (κ1) is 19.8. The van der Waals surface area contributed by atoms with Gasteiger partial charge in [0.1, 0.15) is 22.5 Å². The lowest BCUT2D eigenvalue weighted by molar-refractivity contribution is 0.242. The van der Waals surface area contributed by atoms with Gasteiger partial charge in [0.25, 0.3) is 0 Å². The van der Waals surface area contributed by atoms with E-state index >= 15 is 0 Å². The van der Waals surface area contributed by atoms with Crippen LogP contribution < -0.4 is 10.2 Å². The molecule has 3 rings (SSSR count). The SMILES string of the molecule is C=CCc1cccc(C=N[C@H]2C(=S)NN=C2c2cccc(OC(C)C)c2)c1O. The maximum Gasteiger partial charge on any atom is 0.146 e. The summed E-state index contributed by atoms with van der Waals surface area (Å²) in [6, 6.07) is 12.8. The van der Waals surface area contributed by atoms with Crippen LogP contribution in [0.2, 0.25) is 0 Å². The molecule has 0 saturated heterocycles. The van der Waals surface area contributed by atoms with Gasteiger partial charge in [-0.05, 0) is 44.0 Å². The molecule has 0 radical (unpaired) electrons. The second-order valence-electron chi connectivity index (χ2n) is 6.70. The fourth-order valence-corrected chi connectivity index (χ4v) is 3.13. The van der Waals surface area contributed by atoms with Crippen molar-refractivity contribution in [2.75, 3.05) is 0 Å². The number of ether oxygens (including phenoxy) is 1. The van der Waals surface area contributed by atoms with Crippen molar-refractivity contribution in [3.8, 4) is 11.5 Å².